The van der Waals surface area contributed by atoms with Gasteiger partial charge in [0.25, 0.3) is 5.91 Å². The predicted octanol–water partition coefficient (Wildman–Crippen LogP) is 1.54. The predicted molar refractivity (Wildman–Crippen MR) is 56.6 cm³/mol. The van der Waals surface area contributed by atoms with Gasteiger partial charge < -0.3 is 5.73 Å². The number of primary amides is 1. The molecule has 0 bridgehead atoms. The number of carbonyl (C=O) groups excluding carboxylic acids is 1. The Kier molecular flexibility index (Phi) is 1.59. The molecule has 3 rings (SSSR count). The molecular formula is C11H11N3O. The minimum Gasteiger partial charge on any atom is -0.364 e. The van der Waals surface area contributed by atoms with E-state index in [0.717, 1.165) is 10.9 Å². The van der Waals surface area contributed by atoms with Crippen LogP contribution >= 0.6 is 0 Å². The molecule has 2 aromatic rings. The highest BCUT2D eigenvalue weighted by atomic mass is 16.1. The van der Waals surface area contributed by atoms with Crippen LogP contribution in [0.4, 0.5) is 0 Å². The third-order valence-electron chi connectivity index (χ3n) is 2.87. The van der Waals surface area contributed by atoms with E-state index < -0.39 is 5.91 Å². The first-order valence-corrected chi connectivity index (χ1v) is 5.03. The Morgan fingerprint density at radius 2 is 2.27 bits per heavy atom. The fraction of sp³-hybridized carbons (Fsp3) is 0.273. The summed E-state index contributed by atoms with van der Waals surface area (Å²) in [7, 11) is 0. The monoisotopic (exact) mass is 201 g/mol. The van der Waals surface area contributed by atoms with Gasteiger partial charge in [0.2, 0.25) is 0 Å². The van der Waals surface area contributed by atoms with Crippen LogP contribution in [0.2, 0.25) is 0 Å². The molecule has 1 aliphatic carbocycles. The topological polar surface area (TPSA) is 71.8 Å². The molecule has 0 unspecified atom stereocenters. The number of nitrogens with one attached hydrogen (secondary N) is 1. The molecule has 1 fully saturated rings. The van der Waals surface area contributed by atoms with Crippen molar-refractivity contribution in [2.24, 2.45) is 5.73 Å². The minimum atomic E-state index is -0.478. The second-order valence-electron chi connectivity index (χ2n) is 4.02. The van der Waals surface area contributed by atoms with E-state index in [0.29, 0.717) is 11.6 Å². The zero-order chi connectivity index (χ0) is 10.4. The Morgan fingerprint density at radius 1 is 1.47 bits per heavy atom. The van der Waals surface area contributed by atoms with Crippen molar-refractivity contribution in [2.45, 2.75) is 18.8 Å². The van der Waals surface area contributed by atoms with Crippen LogP contribution in [0.1, 0.15) is 34.8 Å². The maximum atomic E-state index is 11.1. The van der Waals surface area contributed by atoms with Crippen LogP contribution in [0, 0.1) is 0 Å². The number of hydrogen-bond acceptors (Lipinski definition) is 2. The molecule has 0 radical (unpaired) electrons. The van der Waals surface area contributed by atoms with Crippen molar-refractivity contribution in [3.8, 4) is 0 Å². The lowest BCUT2D eigenvalue weighted by molar-refractivity contribution is 0.0997. The molecule has 1 heterocycles. The van der Waals surface area contributed by atoms with E-state index >= 15 is 0 Å². The molecule has 3 N–H and O–H groups in total. The van der Waals surface area contributed by atoms with Crippen LogP contribution in [0.15, 0.2) is 18.2 Å². The highest BCUT2D eigenvalue weighted by molar-refractivity contribution is 6.04. The zero-order valence-electron chi connectivity index (χ0n) is 8.16. The van der Waals surface area contributed by atoms with Crippen molar-refractivity contribution in [1.29, 1.82) is 0 Å². The molecule has 15 heavy (non-hydrogen) atoms. The molecule has 0 saturated heterocycles. The summed E-state index contributed by atoms with van der Waals surface area (Å²) in [5, 5.41) is 7.56. The largest absolute Gasteiger partial charge is 0.364 e. The SMILES string of the molecule is NC(=O)c1n[nH]c2ccc(C3CC3)cc12. The van der Waals surface area contributed by atoms with Crippen molar-refractivity contribution in [1.82, 2.24) is 10.2 Å². The normalized spacial score (nSPS) is 15.7. The zero-order valence-corrected chi connectivity index (χ0v) is 8.16. The summed E-state index contributed by atoms with van der Waals surface area (Å²) < 4.78 is 0. The van der Waals surface area contributed by atoms with Crippen molar-refractivity contribution < 1.29 is 4.79 Å². The van der Waals surface area contributed by atoms with Crippen LogP contribution < -0.4 is 5.73 Å². The molecule has 0 aliphatic heterocycles. The maximum absolute atomic E-state index is 11.1. The van der Waals surface area contributed by atoms with Gasteiger partial charge in [-0.25, -0.2) is 0 Å². The lowest BCUT2D eigenvalue weighted by Gasteiger charge is -1.97. The fourth-order valence-corrected chi connectivity index (χ4v) is 1.89. The number of amides is 1. The number of rotatable bonds is 2. The van der Waals surface area contributed by atoms with Gasteiger partial charge in [0, 0.05) is 5.39 Å². The molecule has 0 spiro atoms. The van der Waals surface area contributed by atoms with Crippen molar-refractivity contribution in [2.75, 3.05) is 0 Å². The van der Waals surface area contributed by atoms with Gasteiger partial charge in [-0.3, -0.25) is 9.89 Å². The Hall–Kier alpha value is -1.84. The molecule has 0 atom stereocenters. The molecule has 1 saturated carbocycles. The van der Waals surface area contributed by atoms with Crippen molar-refractivity contribution in [3.63, 3.8) is 0 Å². The summed E-state index contributed by atoms with van der Waals surface area (Å²) in [6, 6.07) is 6.07. The second-order valence-corrected chi connectivity index (χ2v) is 4.02. The van der Waals surface area contributed by atoms with Crippen LogP contribution in [-0.2, 0) is 0 Å². The Labute approximate surface area is 86.5 Å². The van der Waals surface area contributed by atoms with E-state index in [4.69, 9.17) is 5.73 Å². The summed E-state index contributed by atoms with van der Waals surface area (Å²) in [5.74, 6) is 0.194. The molecular weight excluding hydrogens is 190 g/mol. The Balaban J connectivity index is 2.21. The number of H-pyrrole nitrogens is 1. The van der Waals surface area contributed by atoms with Gasteiger partial charge in [0.05, 0.1) is 5.52 Å². The van der Waals surface area contributed by atoms with Gasteiger partial charge in [0.1, 0.15) is 0 Å². The number of hydrogen-bond donors (Lipinski definition) is 2. The van der Waals surface area contributed by atoms with Crippen LogP contribution in [-0.4, -0.2) is 16.1 Å². The Morgan fingerprint density at radius 3 is 2.93 bits per heavy atom. The van der Waals surface area contributed by atoms with Gasteiger partial charge in [-0.2, -0.15) is 5.10 Å². The molecule has 4 nitrogen and oxygen atoms in total. The third kappa shape index (κ3) is 1.29. The van der Waals surface area contributed by atoms with Gasteiger partial charge in [-0.1, -0.05) is 6.07 Å². The molecule has 1 aliphatic rings. The number of fused-ring (bicyclic) bond motifs is 1. The first-order valence-electron chi connectivity index (χ1n) is 5.03. The first kappa shape index (κ1) is 8.47. The van der Waals surface area contributed by atoms with Gasteiger partial charge in [0.15, 0.2) is 5.69 Å². The molecule has 1 aromatic heterocycles. The lowest BCUT2D eigenvalue weighted by Crippen LogP contribution is -2.11. The second kappa shape index (κ2) is 2.82. The van der Waals surface area contributed by atoms with E-state index in [1.807, 2.05) is 12.1 Å². The van der Waals surface area contributed by atoms with Gasteiger partial charge >= 0.3 is 0 Å². The average Bonchev–Trinajstić information content (AvgIpc) is 2.97. The summed E-state index contributed by atoms with van der Waals surface area (Å²) >= 11 is 0. The fourth-order valence-electron chi connectivity index (χ4n) is 1.89. The van der Waals surface area contributed by atoms with Crippen LogP contribution in [0.3, 0.4) is 0 Å². The number of aromatic amines is 1. The maximum Gasteiger partial charge on any atom is 0.269 e. The number of nitrogens with two attached hydrogens (primary N) is 1. The number of carbonyl (C=O) groups is 1. The van der Waals surface area contributed by atoms with Gasteiger partial charge in [-0.05, 0) is 36.5 Å². The summed E-state index contributed by atoms with van der Waals surface area (Å²) in [4.78, 5) is 11.1. The smallest absolute Gasteiger partial charge is 0.269 e. The quantitative estimate of drug-likeness (QED) is 0.773. The number of aromatic nitrogens is 2. The highest BCUT2D eigenvalue weighted by Crippen LogP contribution is 2.40. The van der Waals surface area contributed by atoms with E-state index in [1.165, 1.54) is 18.4 Å². The van der Waals surface area contributed by atoms with E-state index in [1.54, 1.807) is 0 Å². The average molecular weight is 201 g/mol. The van der Waals surface area contributed by atoms with E-state index in [9.17, 15) is 4.79 Å². The lowest BCUT2D eigenvalue weighted by atomic mass is 10.1. The minimum absolute atomic E-state index is 0.340. The van der Waals surface area contributed by atoms with Crippen LogP contribution in [0.25, 0.3) is 10.9 Å². The summed E-state index contributed by atoms with van der Waals surface area (Å²) in [5.41, 5.74) is 7.74. The van der Waals surface area contributed by atoms with E-state index in [-0.39, 0.29) is 0 Å². The van der Waals surface area contributed by atoms with Gasteiger partial charge in [-0.15, -0.1) is 0 Å². The molecule has 1 aromatic carbocycles. The third-order valence-corrected chi connectivity index (χ3v) is 2.87. The summed E-state index contributed by atoms with van der Waals surface area (Å²) in [6.07, 6.45) is 2.49. The highest BCUT2D eigenvalue weighted by Gasteiger charge is 2.24. The van der Waals surface area contributed by atoms with E-state index in [2.05, 4.69) is 16.3 Å². The van der Waals surface area contributed by atoms with Crippen LogP contribution in [0.5, 0.6) is 0 Å². The first-order chi connectivity index (χ1) is 7.25. The van der Waals surface area contributed by atoms with Crippen molar-refractivity contribution in [3.05, 3.63) is 29.5 Å². The Bertz CT molecular complexity index is 540. The molecule has 1 amide bonds. The number of benzene rings is 1. The standard InChI is InChI=1S/C11H11N3O/c12-11(15)10-8-5-7(6-1-2-6)3-4-9(8)13-14-10/h3-6H,1-2H2,(H2,12,15)(H,13,14). The number of nitrogens with zero attached hydrogens (tertiary/aromatic N) is 1. The van der Waals surface area contributed by atoms with Crippen molar-refractivity contribution >= 4 is 16.8 Å². The summed E-state index contributed by atoms with van der Waals surface area (Å²) in [6.45, 7) is 0. The molecule has 4 heteroatoms. The molecule has 76 valence electrons.